The van der Waals surface area contributed by atoms with Gasteiger partial charge in [-0.2, -0.15) is 0 Å². The summed E-state index contributed by atoms with van der Waals surface area (Å²) in [5.74, 6) is -0.537. The summed E-state index contributed by atoms with van der Waals surface area (Å²) in [6.45, 7) is 6.65. The van der Waals surface area contributed by atoms with Crippen molar-refractivity contribution < 1.29 is 14.3 Å². The fourth-order valence-electron chi connectivity index (χ4n) is 5.73. The third-order valence-electron chi connectivity index (χ3n) is 8.40. The fraction of sp³-hybridized carbons (Fsp3) is 0.357. The molecule has 0 unspecified atom stereocenters. The van der Waals surface area contributed by atoms with E-state index < -0.39 is 10.8 Å². The first kappa shape index (κ1) is 20.7. The molecule has 2 aliphatic heterocycles. The Morgan fingerprint density at radius 1 is 0.969 bits per heavy atom. The summed E-state index contributed by atoms with van der Waals surface area (Å²) in [7, 11) is 0. The minimum Gasteiger partial charge on any atom is -0.464 e. The highest BCUT2D eigenvalue weighted by molar-refractivity contribution is 6.05. The quantitative estimate of drug-likeness (QED) is 0.477. The molecule has 4 heteroatoms. The number of cyclic esters (lactones) is 1. The average molecular weight is 428 g/mol. The van der Waals surface area contributed by atoms with E-state index in [1.165, 1.54) is 0 Å². The lowest BCUT2D eigenvalue weighted by Crippen LogP contribution is -2.60. The molecule has 32 heavy (non-hydrogen) atoms. The first-order chi connectivity index (χ1) is 15.3. The molecular weight excluding hydrogens is 398 g/mol. The zero-order chi connectivity index (χ0) is 22.6. The summed E-state index contributed by atoms with van der Waals surface area (Å²) < 4.78 is 5.62. The molecule has 2 aromatic rings. The number of benzene rings is 2. The largest absolute Gasteiger partial charge is 0.464 e. The molecule has 1 amide bonds. The lowest BCUT2D eigenvalue weighted by molar-refractivity contribution is -0.192. The Bertz CT molecular complexity index is 1120. The second-order valence-corrected chi connectivity index (χ2v) is 10.0. The highest BCUT2D eigenvalue weighted by atomic mass is 16.5. The minimum atomic E-state index is -1.17. The van der Waals surface area contributed by atoms with E-state index in [0.717, 1.165) is 23.1 Å². The van der Waals surface area contributed by atoms with Crippen molar-refractivity contribution in [2.45, 2.75) is 39.7 Å². The Kier molecular flexibility index (Phi) is 4.66. The van der Waals surface area contributed by atoms with Crippen LogP contribution in [0.4, 0.5) is 0 Å². The lowest BCUT2D eigenvalue weighted by Gasteiger charge is -2.51. The van der Waals surface area contributed by atoms with Gasteiger partial charge < -0.3 is 9.64 Å². The summed E-state index contributed by atoms with van der Waals surface area (Å²) in [6.07, 6.45) is 7.27. The van der Waals surface area contributed by atoms with E-state index in [4.69, 9.17) is 4.74 Å². The third-order valence-corrected chi connectivity index (χ3v) is 8.40. The van der Waals surface area contributed by atoms with E-state index in [1.807, 2.05) is 60.8 Å². The van der Waals surface area contributed by atoms with Crippen LogP contribution in [0.15, 0.2) is 79.0 Å². The van der Waals surface area contributed by atoms with Crippen molar-refractivity contribution in [2.24, 2.45) is 16.2 Å². The first-order valence-electron chi connectivity index (χ1n) is 11.3. The molecule has 164 valence electrons. The number of esters is 1. The Hall–Kier alpha value is -3.14. The van der Waals surface area contributed by atoms with Gasteiger partial charge >= 0.3 is 5.97 Å². The molecule has 1 saturated carbocycles. The molecule has 2 heterocycles. The second-order valence-electron chi connectivity index (χ2n) is 10.0. The van der Waals surface area contributed by atoms with Crippen LogP contribution < -0.4 is 0 Å². The molecule has 2 fully saturated rings. The van der Waals surface area contributed by atoms with Crippen LogP contribution in [0.1, 0.15) is 50.8 Å². The van der Waals surface area contributed by atoms with E-state index in [-0.39, 0.29) is 23.3 Å². The monoisotopic (exact) mass is 427 g/mol. The molecule has 3 aliphatic rings. The smallest absolute Gasteiger partial charge is 0.322 e. The molecule has 2 bridgehead atoms. The zero-order valence-electron chi connectivity index (χ0n) is 18.9. The molecule has 0 spiro atoms. The number of allylic oxidation sites excluding steroid dienone is 2. The molecule has 1 saturated heterocycles. The normalized spacial score (nSPS) is 30.6. The summed E-state index contributed by atoms with van der Waals surface area (Å²) in [5, 5.41) is 0. The van der Waals surface area contributed by atoms with Gasteiger partial charge in [-0.15, -0.1) is 0 Å². The number of ether oxygens (including phenoxy) is 1. The number of carbonyl (C=O) groups excluding carboxylic acids is 2. The lowest BCUT2D eigenvalue weighted by atomic mass is 9.57. The molecule has 0 N–H and O–H groups in total. The van der Waals surface area contributed by atoms with Crippen LogP contribution in [0.25, 0.3) is 5.57 Å². The molecule has 1 aliphatic carbocycles. The van der Waals surface area contributed by atoms with E-state index in [1.54, 1.807) is 4.90 Å². The number of fused-ring (bicyclic) bond motifs is 2. The highest BCUT2D eigenvalue weighted by Gasteiger charge is 2.72. The molecule has 4 nitrogen and oxygen atoms in total. The van der Waals surface area contributed by atoms with Crippen molar-refractivity contribution in [1.29, 1.82) is 0 Å². The highest BCUT2D eigenvalue weighted by Crippen LogP contribution is 2.66. The van der Waals surface area contributed by atoms with Gasteiger partial charge in [-0.3, -0.25) is 9.59 Å². The van der Waals surface area contributed by atoms with Crippen LogP contribution in [0, 0.1) is 16.2 Å². The van der Waals surface area contributed by atoms with E-state index in [9.17, 15) is 9.59 Å². The number of hydrogen-bond donors (Lipinski definition) is 0. The zero-order valence-corrected chi connectivity index (χ0v) is 18.9. The molecule has 0 aromatic heterocycles. The first-order valence-corrected chi connectivity index (χ1v) is 11.3. The summed E-state index contributed by atoms with van der Waals surface area (Å²) >= 11 is 0. The molecule has 2 aromatic carbocycles. The maximum atomic E-state index is 14.3. The van der Waals surface area contributed by atoms with Gasteiger partial charge in [0, 0.05) is 11.6 Å². The maximum absolute atomic E-state index is 14.3. The van der Waals surface area contributed by atoms with Crippen LogP contribution in [0.5, 0.6) is 0 Å². The third kappa shape index (κ3) is 2.75. The van der Waals surface area contributed by atoms with Gasteiger partial charge in [0.25, 0.3) is 0 Å². The molecule has 5 rings (SSSR count). The second kappa shape index (κ2) is 7.19. The molecule has 0 radical (unpaired) electrons. The van der Waals surface area contributed by atoms with Crippen LogP contribution in [-0.4, -0.2) is 23.4 Å². The van der Waals surface area contributed by atoms with Crippen LogP contribution in [0.3, 0.4) is 0 Å². The molecular formula is C28H29NO3. The van der Waals surface area contributed by atoms with Crippen molar-refractivity contribution in [3.63, 3.8) is 0 Å². The Balaban J connectivity index is 1.60. The summed E-state index contributed by atoms with van der Waals surface area (Å²) in [6, 6.07) is 19.9. The SMILES string of the molecule is CC1(C)[C@@]2(C)CC[C@]1(C(=O)N1C=CC(c3ccccc3)=C[C@@H]1c1ccccc1)C(=O)OC2. The van der Waals surface area contributed by atoms with Gasteiger partial charge in [-0.1, -0.05) is 81.4 Å². The number of hydrogen-bond acceptors (Lipinski definition) is 3. The van der Waals surface area contributed by atoms with Crippen molar-refractivity contribution in [3.05, 3.63) is 90.1 Å². The van der Waals surface area contributed by atoms with Crippen molar-refractivity contribution >= 4 is 17.4 Å². The average Bonchev–Trinajstić information content (AvgIpc) is 2.93. The Morgan fingerprint density at radius 3 is 2.31 bits per heavy atom. The predicted molar refractivity (Wildman–Crippen MR) is 124 cm³/mol. The van der Waals surface area contributed by atoms with E-state index in [0.29, 0.717) is 13.0 Å². The van der Waals surface area contributed by atoms with E-state index in [2.05, 4.69) is 39.0 Å². The van der Waals surface area contributed by atoms with Gasteiger partial charge in [-0.25, -0.2) is 0 Å². The Morgan fingerprint density at radius 2 is 1.62 bits per heavy atom. The van der Waals surface area contributed by atoms with Gasteiger partial charge in [-0.05, 0) is 47.1 Å². The van der Waals surface area contributed by atoms with Crippen molar-refractivity contribution in [3.8, 4) is 0 Å². The Labute approximate surface area is 189 Å². The van der Waals surface area contributed by atoms with Crippen LogP contribution in [-0.2, 0) is 14.3 Å². The van der Waals surface area contributed by atoms with Gasteiger partial charge in [0.2, 0.25) is 5.91 Å². The molecule has 3 atom stereocenters. The maximum Gasteiger partial charge on any atom is 0.322 e. The van der Waals surface area contributed by atoms with Gasteiger partial charge in [0.1, 0.15) is 0 Å². The number of rotatable bonds is 3. The fourth-order valence-corrected chi connectivity index (χ4v) is 5.73. The minimum absolute atomic E-state index is 0.163. The predicted octanol–water partition coefficient (Wildman–Crippen LogP) is 5.54. The van der Waals surface area contributed by atoms with Crippen molar-refractivity contribution in [2.75, 3.05) is 6.61 Å². The summed E-state index contributed by atoms with van der Waals surface area (Å²) in [5.41, 5.74) is 1.30. The number of nitrogens with zero attached hydrogens (tertiary/aromatic N) is 1. The topological polar surface area (TPSA) is 46.6 Å². The van der Waals surface area contributed by atoms with E-state index >= 15 is 0 Å². The van der Waals surface area contributed by atoms with Crippen molar-refractivity contribution in [1.82, 2.24) is 4.90 Å². The summed E-state index contributed by atoms with van der Waals surface area (Å²) in [4.78, 5) is 29.3. The van der Waals surface area contributed by atoms with Crippen LogP contribution >= 0.6 is 0 Å². The number of amides is 1. The standard InChI is InChI=1S/C28H29NO3/c1-26(2)27(3)15-16-28(26,25(31)32-19-27)24(30)29-17-14-22(20-10-6-4-7-11-20)18-23(29)21-12-8-5-9-13-21/h4-14,17-18,23H,15-16,19H2,1-3H3/t23-,27+,28+/m1/s1. The van der Waals surface area contributed by atoms with Gasteiger partial charge in [0.05, 0.1) is 12.6 Å². The van der Waals surface area contributed by atoms with Crippen LogP contribution in [0.2, 0.25) is 0 Å². The van der Waals surface area contributed by atoms with Gasteiger partial charge in [0.15, 0.2) is 5.41 Å². The number of carbonyl (C=O) groups is 2.